The average molecular weight is 372 g/mol. The number of nitrogens with one attached hydrogen (secondary N) is 1. The highest BCUT2D eigenvalue weighted by molar-refractivity contribution is 5.94. The molecule has 0 bridgehead atoms. The Morgan fingerprint density at radius 2 is 1.81 bits per heavy atom. The molecule has 1 N–H and O–H groups in total. The largest absolute Gasteiger partial charge is 0.474 e. The van der Waals surface area contributed by atoms with Crippen LogP contribution in [0.2, 0.25) is 0 Å². The van der Waals surface area contributed by atoms with Crippen LogP contribution in [0.5, 0.6) is 5.75 Å². The van der Waals surface area contributed by atoms with Crippen molar-refractivity contribution in [3.05, 3.63) is 64.0 Å². The molecule has 0 radical (unpaired) electrons. The number of halogens is 4. The second kappa shape index (κ2) is 7.38. The van der Waals surface area contributed by atoms with Gasteiger partial charge < -0.3 is 10.1 Å². The predicted octanol–water partition coefficient (Wildman–Crippen LogP) is 4.16. The highest BCUT2D eigenvalue weighted by atomic mass is 19.4. The smallest absolute Gasteiger partial charge is 0.416 e. The zero-order chi connectivity index (χ0) is 19.5. The highest BCUT2D eigenvalue weighted by Crippen LogP contribution is 2.30. The van der Waals surface area contributed by atoms with Gasteiger partial charge in [0.05, 0.1) is 10.5 Å². The van der Waals surface area contributed by atoms with Gasteiger partial charge in [-0.25, -0.2) is 4.39 Å². The number of benzene rings is 2. The van der Waals surface area contributed by atoms with E-state index in [9.17, 15) is 32.5 Å². The lowest BCUT2D eigenvalue weighted by Gasteiger charge is -2.15. The van der Waals surface area contributed by atoms with Crippen molar-refractivity contribution in [3.8, 4) is 5.75 Å². The summed E-state index contributed by atoms with van der Waals surface area (Å²) in [6.45, 7) is 1.26. The molecule has 10 heteroatoms. The fourth-order valence-electron chi connectivity index (χ4n) is 1.96. The maximum atomic E-state index is 13.2. The van der Waals surface area contributed by atoms with Crippen molar-refractivity contribution < 1.29 is 32.0 Å². The Hall–Kier alpha value is -3.17. The van der Waals surface area contributed by atoms with E-state index in [1.807, 2.05) is 0 Å². The van der Waals surface area contributed by atoms with Gasteiger partial charge in [-0.1, -0.05) is 0 Å². The molecule has 1 atom stereocenters. The van der Waals surface area contributed by atoms with E-state index in [0.29, 0.717) is 0 Å². The summed E-state index contributed by atoms with van der Waals surface area (Å²) in [5.41, 5.74) is -1.33. The molecule has 0 saturated carbocycles. The van der Waals surface area contributed by atoms with E-state index in [0.717, 1.165) is 42.5 Å². The molecule has 0 fully saturated rings. The lowest BCUT2D eigenvalue weighted by atomic mass is 10.2. The van der Waals surface area contributed by atoms with Crippen LogP contribution in [-0.4, -0.2) is 16.9 Å². The molecule has 2 rings (SSSR count). The molecule has 0 saturated heterocycles. The van der Waals surface area contributed by atoms with Gasteiger partial charge in [0.15, 0.2) is 6.10 Å². The number of nitro groups is 1. The number of anilines is 1. The lowest BCUT2D eigenvalue weighted by molar-refractivity contribution is -0.386. The Kier molecular flexibility index (Phi) is 5.44. The fraction of sp³-hybridized carbons (Fsp3) is 0.188. The Labute approximate surface area is 144 Å². The number of nitro benzene ring substituents is 1. The SMILES string of the molecule is C[C@H](Oc1cc(F)ccc1[N+](=O)[O-])C(=O)Nc1ccc(C(F)(F)F)cc1. The lowest BCUT2D eigenvalue weighted by Crippen LogP contribution is -2.30. The summed E-state index contributed by atoms with van der Waals surface area (Å²) in [5.74, 6) is -2.01. The number of amides is 1. The van der Waals surface area contributed by atoms with Crippen molar-refractivity contribution in [1.29, 1.82) is 0 Å². The monoisotopic (exact) mass is 372 g/mol. The molecular formula is C16H12F4N2O4. The van der Waals surface area contributed by atoms with Gasteiger partial charge in [0, 0.05) is 17.8 Å². The molecule has 6 nitrogen and oxygen atoms in total. The Morgan fingerprint density at radius 1 is 1.19 bits per heavy atom. The van der Waals surface area contributed by atoms with Gasteiger partial charge in [-0.3, -0.25) is 14.9 Å². The maximum Gasteiger partial charge on any atom is 0.416 e. The summed E-state index contributed by atoms with van der Waals surface area (Å²) < 4.78 is 55.9. The first-order valence-corrected chi connectivity index (χ1v) is 7.16. The third-order valence-electron chi connectivity index (χ3n) is 3.27. The summed E-state index contributed by atoms with van der Waals surface area (Å²) >= 11 is 0. The standard InChI is InChI=1S/C16H12F4N2O4/c1-9(26-14-8-11(17)4-7-13(14)22(24)25)15(23)21-12-5-2-10(3-6-12)16(18,19)20/h2-9H,1H3,(H,21,23)/t9-/m0/s1. The number of ether oxygens (including phenoxy) is 1. The van der Waals surface area contributed by atoms with Crippen LogP contribution in [0.1, 0.15) is 12.5 Å². The van der Waals surface area contributed by atoms with Crippen molar-refractivity contribution in [2.75, 3.05) is 5.32 Å². The summed E-state index contributed by atoms with van der Waals surface area (Å²) in [4.78, 5) is 22.1. The van der Waals surface area contributed by atoms with Crippen LogP contribution in [0.25, 0.3) is 0 Å². The topological polar surface area (TPSA) is 81.5 Å². The second-order valence-corrected chi connectivity index (χ2v) is 5.19. The first kappa shape index (κ1) is 19.2. The van der Waals surface area contributed by atoms with Gasteiger partial charge in [0.2, 0.25) is 5.75 Å². The molecule has 138 valence electrons. The fourth-order valence-corrected chi connectivity index (χ4v) is 1.96. The third kappa shape index (κ3) is 4.68. The van der Waals surface area contributed by atoms with Gasteiger partial charge in [-0.05, 0) is 37.3 Å². The minimum atomic E-state index is -4.50. The van der Waals surface area contributed by atoms with E-state index >= 15 is 0 Å². The normalized spacial score (nSPS) is 12.3. The number of alkyl halides is 3. The van der Waals surface area contributed by atoms with Gasteiger partial charge in [0.1, 0.15) is 5.82 Å². The van der Waals surface area contributed by atoms with Crippen LogP contribution in [0.3, 0.4) is 0 Å². The molecule has 1 amide bonds. The first-order valence-electron chi connectivity index (χ1n) is 7.16. The van der Waals surface area contributed by atoms with Crippen molar-refractivity contribution in [3.63, 3.8) is 0 Å². The van der Waals surface area contributed by atoms with Crippen LogP contribution in [0.15, 0.2) is 42.5 Å². The van der Waals surface area contributed by atoms with Gasteiger partial charge in [0.25, 0.3) is 5.91 Å². The second-order valence-electron chi connectivity index (χ2n) is 5.19. The van der Waals surface area contributed by atoms with E-state index in [1.165, 1.54) is 6.92 Å². The van der Waals surface area contributed by atoms with E-state index in [2.05, 4.69) is 5.32 Å². The Morgan fingerprint density at radius 3 is 2.35 bits per heavy atom. The van der Waals surface area contributed by atoms with E-state index in [4.69, 9.17) is 4.74 Å². The molecule has 0 aromatic heterocycles. The van der Waals surface area contributed by atoms with E-state index < -0.39 is 45.9 Å². The quantitative estimate of drug-likeness (QED) is 0.485. The molecule has 2 aromatic carbocycles. The number of hydrogen-bond donors (Lipinski definition) is 1. The summed E-state index contributed by atoms with van der Waals surface area (Å²) in [7, 11) is 0. The molecule has 0 aliphatic carbocycles. The zero-order valence-corrected chi connectivity index (χ0v) is 13.2. The number of nitrogens with zero attached hydrogens (tertiary/aromatic N) is 1. The molecule has 0 aliphatic heterocycles. The molecule has 0 unspecified atom stereocenters. The van der Waals surface area contributed by atoms with Crippen molar-refractivity contribution in [2.45, 2.75) is 19.2 Å². The van der Waals surface area contributed by atoms with Crippen LogP contribution < -0.4 is 10.1 Å². The van der Waals surface area contributed by atoms with Crippen molar-refractivity contribution in [1.82, 2.24) is 0 Å². The first-order chi connectivity index (χ1) is 12.1. The van der Waals surface area contributed by atoms with Crippen LogP contribution in [0, 0.1) is 15.9 Å². The predicted molar refractivity (Wildman–Crippen MR) is 83.2 cm³/mol. The van der Waals surface area contributed by atoms with Crippen LogP contribution >= 0.6 is 0 Å². The molecule has 2 aromatic rings. The number of hydrogen-bond acceptors (Lipinski definition) is 4. The zero-order valence-electron chi connectivity index (χ0n) is 13.2. The molecule has 0 aliphatic rings. The Bertz CT molecular complexity index is 822. The van der Waals surface area contributed by atoms with Crippen molar-refractivity contribution >= 4 is 17.3 Å². The number of carbonyl (C=O) groups excluding carboxylic acids is 1. The molecule has 0 heterocycles. The molecule has 0 spiro atoms. The molecule has 26 heavy (non-hydrogen) atoms. The van der Waals surface area contributed by atoms with E-state index in [-0.39, 0.29) is 5.69 Å². The highest BCUT2D eigenvalue weighted by Gasteiger charge is 2.30. The van der Waals surface area contributed by atoms with Crippen molar-refractivity contribution in [2.24, 2.45) is 0 Å². The summed E-state index contributed by atoms with van der Waals surface area (Å²) in [5, 5.41) is 13.2. The number of carbonyl (C=O) groups is 1. The van der Waals surface area contributed by atoms with Gasteiger partial charge in [-0.15, -0.1) is 0 Å². The van der Waals surface area contributed by atoms with E-state index in [1.54, 1.807) is 0 Å². The summed E-state index contributed by atoms with van der Waals surface area (Å²) in [6.07, 6.45) is -5.77. The van der Waals surface area contributed by atoms with Gasteiger partial charge in [-0.2, -0.15) is 13.2 Å². The van der Waals surface area contributed by atoms with Crippen LogP contribution in [0.4, 0.5) is 28.9 Å². The minimum absolute atomic E-state index is 0.0761. The minimum Gasteiger partial charge on any atom is -0.474 e. The van der Waals surface area contributed by atoms with Crippen LogP contribution in [-0.2, 0) is 11.0 Å². The summed E-state index contributed by atoms with van der Waals surface area (Å²) in [6, 6.07) is 6.22. The average Bonchev–Trinajstić information content (AvgIpc) is 2.54. The van der Waals surface area contributed by atoms with Gasteiger partial charge >= 0.3 is 11.9 Å². The number of rotatable bonds is 5. The Balaban J connectivity index is 2.09. The molecular weight excluding hydrogens is 360 g/mol. The third-order valence-corrected chi connectivity index (χ3v) is 3.27. The maximum absolute atomic E-state index is 13.2.